The lowest BCUT2D eigenvalue weighted by atomic mass is 9.88. The molecular formula is C10H16O4. The number of rotatable bonds is 2. The molecule has 0 spiro atoms. The summed E-state index contributed by atoms with van der Waals surface area (Å²) in [5.41, 5.74) is -0.0613. The van der Waals surface area contributed by atoms with Crippen LogP contribution in [0, 0.1) is 5.41 Å². The molecule has 4 heteroatoms. The van der Waals surface area contributed by atoms with E-state index in [0.717, 1.165) is 6.08 Å². The molecule has 0 heterocycles. The van der Waals surface area contributed by atoms with Gasteiger partial charge in [0.15, 0.2) is 0 Å². The zero-order valence-corrected chi connectivity index (χ0v) is 8.70. The van der Waals surface area contributed by atoms with Crippen molar-refractivity contribution in [2.24, 2.45) is 5.41 Å². The summed E-state index contributed by atoms with van der Waals surface area (Å²) in [4.78, 5) is 19.5. The minimum Gasteiger partial charge on any atom is -0.478 e. The fourth-order valence-electron chi connectivity index (χ4n) is 0.321. The van der Waals surface area contributed by atoms with Crippen LogP contribution in [0.2, 0.25) is 0 Å². The van der Waals surface area contributed by atoms with E-state index in [2.05, 4.69) is 13.2 Å². The van der Waals surface area contributed by atoms with E-state index in [9.17, 15) is 9.59 Å². The van der Waals surface area contributed by atoms with E-state index < -0.39 is 11.9 Å². The molecule has 14 heavy (non-hydrogen) atoms. The second-order valence-electron chi connectivity index (χ2n) is 3.58. The summed E-state index contributed by atoms with van der Waals surface area (Å²) >= 11 is 0. The highest BCUT2D eigenvalue weighted by Gasteiger charge is 2.20. The smallest absolute Gasteiger partial charge is 0.331 e. The van der Waals surface area contributed by atoms with Crippen molar-refractivity contribution in [3.8, 4) is 0 Å². The average molecular weight is 200 g/mol. The summed E-state index contributed by atoms with van der Waals surface area (Å²) in [5.74, 6) is -1.90. The van der Waals surface area contributed by atoms with E-state index in [4.69, 9.17) is 10.2 Å². The average Bonchev–Trinajstić information content (AvgIpc) is 2.02. The Kier molecular flexibility index (Phi) is 6.35. The maximum atomic E-state index is 10.2. The number of carboxylic acid groups (broad SMARTS) is 2. The number of hydrogen-bond donors (Lipinski definition) is 2. The van der Waals surface area contributed by atoms with Gasteiger partial charge in [0.25, 0.3) is 0 Å². The van der Waals surface area contributed by atoms with Crippen LogP contribution in [-0.2, 0) is 9.59 Å². The standard InChI is InChI=1S/C7H12O2.C3H4O2/c1-5(6(8)9)7(2,3)4;1-2-3(4)5/h1H2,2-4H3,(H,8,9);2H,1H2,(H,4,5). The predicted molar refractivity (Wildman–Crippen MR) is 54.1 cm³/mol. The molecule has 0 bridgehead atoms. The van der Waals surface area contributed by atoms with Crippen molar-refractivity contribution in [3.05, 3.63) is 24.8 Å². The van der Waals surface area contributed by atoms with E-state index in [1.165, 1.54) is 0 Å². The van der Waals surface area contributed by atoms with Gasteiger partial charge < -0.3 is 10.2 Å². The summed E-state index contributed by atoms with van der Waals surface area (Å²) < 4.78 is 0. The Hall–Kier alpha value is -1.58. The van der Waals surface area contributed by atoms with Gasteiger partial charge in [-0.25, -0.2) is 9.59 Å². The molecule has 0 aliphatic rings. The number of aliphatic carboxylic acids is 2. The summed E-state index contributed by atoms with van der Waals surface area (Å²) in [6, 6.07) is 0. The van der Waals surface area contributed by atoms with Gasteiger partial charge in [0.2, 0.25) is 0 Å². The van der Waals surface area contributed by atoms with E-state index in [1.807, 2.05) is 20.8 Å². The van der Waals surface area contributed by atoms with Crippen molar-refractivity contribution in [3.63, 3.8) is 0 Å². The van der Waals surface area contributed by atoms with Gasteiger partial charge in [-0.15, -0.1) is 0 Å². The Morgan fingerprint density at radius 2 is 1.50 bits per heavy atom. The summed E-state index contributed by atoms with van der Waals surface area (Å²) in [6.45, 7) is 11.9. The van der Waals surface area contributed by atoms with Gasteiger partial charge in [0.1, 0.15) is 0 Å². The molecule has 4 nitrogen and oxygen atoms in total. The Labute approximate surface area is 83.6 Å². The topological polar surface area (TPSA) is 74.6 Å². The van der Waals surface area contributed by atoms with E-state index in [-0.39, 0.29) is 11.0 Å². The minimum atomic E-state index is -0.981. The molecular weight excluding hydrogens is 184 g/mol. The van der Waals surface area contributed by atoms with Gasteiger partial charge in [0.05, 0.1) is 0 Å². The molecule has 0 aromatic heterocycles. The summed E-state index contributed by atoms with van der Waals surface area (Å²) in [7, 11) is 0. The summed E-state index contributed by atoms with van der Waals surface area (Å²) in [5, 5.41) is 16.0. The number of carbonyl (C=O) groups is 2. The molecule has 0 amide bonds. The second-order valence-corrected chi connectivity index (χ2v) is 3.58. The van der Waals surface area contributed by atoms with Crippen LogP contribution in [0.1, 0.15) is 20.8 Å². The largest absolute Gasteiger partial charge is 0.478 e. The Bertz CT molecular complexity index is 245. The lowest BCUT2D eigenvalue weighted by Crippen LogP contribution is -2.15. The highest BCUT2D eigenvalue weighted by atomic mass is 16.4. The van der Waals surface area contributed by atoms with Crippen LogP contribution in [0.15, 0.2) is 24.8 Å². The Morgan fingerprint density at radius 3 is 1.50 bits per heavy atom. The fraction of sp³-hybridized carbons (Fsp3) is 0.400. The van der Waals surface area contributed by atoms with E-state index in [1.54, 1.807) is 0 Å². The zero-order valence-electron chi connectivity index (χ0n) is 8.70. The van der Waals surface area contributed by atoms with Gasteiger partial charge in [-0.1, -0.05) is 33.9 Å². The molecule has 0 rings (SSSR count). The van der Waals surface area contributed by atoms with Crippen LogP contribution in [-0.4, -0.2) is 22.2 Å². The molecule has 0 atom stereocenters. The van der Waals surface area contributed by atoms with Crippen molar-refractivity contribution in [2.75, 3.05) is 0 Å². The second kappa shape index (κ2) is 5.96. The summed E-state index contributed by atoms with van der Waals surface area (Å²) in [6.07, 6.45) is 0.833. The van der Waals surface area contributed by atoms with Gasteiger partial charge >= 0.3 is 11.9 Å². The zero-order chi connectivity index (χ0) is 11.9. The van der Waals surface area contributed by atoms with Crippen molar-refractivity contribution in [1.29, 1.82) is 0 Å². The molecule has 0 unspecified atom stereocenters. The third kappa shape index (κ3) is 8.52. The quantitative estimate of drug-likeness (QED) is 0.668. The molecule has 0 radical (unpaired) electrons. The number of hydrogen-bond acceptors (Lipinski definition) is 2. The molecule has 2 N–H and O–H groups in total. The molecule has 0 aromatic rings. The first-order chi connectivity index (χ1) is 6.12. The molecule has 0 saturated carbocycles. The molecule has 0 aromatic carbocycles. The maximum absolute atomic E-state index is 10.2. The first kappa shape index (κ1) is 14.9. The fourth-order valence-corrected chi connectivity index (χ4v) is 0.321. The van der Waals surface area contributed by atoms with Crippen LogP contribution in [0.5, 0.6) is 0 Å². The van der Waals surface area contributed by atoms with Crippen molar-refractivity contribution in [2.45, 2.75) is 20.8 Å². The third-order valence-electron chi connectivity index (χ3n) is 1.34. The predicted octanol–water partition coefficient (Wildman–Crippen LogP) is 1.93. The first-order valence-electron chi connectivity index (χ1n) is 3.91. The van der Waals surface area contributed by atoms with Crippen LogP contribution in [0.25, 0.3) is 0 Å². The molecule has 80 valence electrons. The van der Waals surface area contributed by atoms with E-state index >= 15 is 0 Å². The van der Waals surface area contributed by atoms with Crippen LogP contribution in [0.3, 0.4) is 0 Å². The third-order valence-corrected chi connectivity index (χ3v) is 1.34. The highest BCUT2D eigenvalue weighted by molar-refractivity contribution is 5.87. The lowest BCUT2D eigenvalue weighted by Gasteiger charge is -2.17. The SMILES string of the molecule is C=C(C(=O)O)C(C)(C)C.C=CC(=O)O. The van der Waals surface area contributed by atoms with Gasteiger partial charge in [0, 0.05) is 11.6 Å². The normalized spacial score (nSPS) is 9.36. The Balaban J connectivity index is 0. The van der Waals surface area contributed by atoms with E-state index in [0.29, 0.717) is 0 Å². The van der Waals surface area contributed by atoms with Crippen LogP contribution < -0.4 is 0 Å². The molecule has 0 aliphatic carbocycles. The maximum Gasteiger partial charge on any atom is 0.331 e. The van der Waals surface area contributed by atoms with Gasteiger partial charge in [-0.05, 0) is 5.41 Å². The van der Waals surface area contributed by atoms with Crippen LogP contribution >= 0.6 is 0 Å². The Morgan fingerprint density at radius 1 is 1.21 bits per heavy atom. The van der Waals surface area contributed by atoms with Gasteiger partial charge in [-0.3, -0.25) is 0 Å². The van der Waals surface area contributed by atoms with Crippen molar-refractivity contribution >= 4 is 11.9 Å². The van der Waals surface area contributed by atoms with Crippen molar-refractivity contribution < 1.29 is 19.8 Å². The molecule has 0 fully saturated rings. The monoisotopic (exact) mass is 200 g/mol. The molecule has 0 saturated heterocycles. The van der Waals surface area contributed by atoms with Gasteiger partial charge in [-0.2, -0.15) is 0 Å². The first-order valence-corrected chi connectivity index (χ1v) is 3.91. The van der Waals surface area contributed by atoms with Crippen LogP contribution in [0.4, 0.5) is 0 Å². The minimum absolute atomic E-state index is 0.252. The lowest BCUT2D eigenvalue weighted by molar-refractivity contribution is -0.134. The van der Waals surface area contributed by atoms with Crippen molar-refractivity contribution in [1.82, 2.24) is 0 Å². The molecule has 0 aliphatic heterocycles. The highest BCUT2D eigenvalue weighted by Crippen LogP contribution is 2.22. The number of carboxylic acids is 2.